The van der Waals surface area contributed by atoms with Crippen LogP contribution < -0.4 is 4.90 Å². The fourth-order valence-electron chi connectivity index (χ4n) is 2.89. The summed E-state index contributed by atoms with van der Waals surface area (Å²) in [6, 6.07) is 9.62. The van der Waals surface area contributed by atoms with Crippen LogP contribution in [0.1, 0.15) is 5.56 Å². The van der Waals surface area contributed by atoms with Gasteiger partial charge < -0.3 is 23.7 Å². The van der Waals surface area contributed by atoms with E-state index in [4.69, 9.17) is 14.2 Å². The molecule has 0 N–H and O–H groups in total. The average molecular weight is 356 g/mol. The molecular formula is C19H20N2O5. The molecule has 136 valence electrons. The van der Waals surface area contributed by atoms with Gasteiger partial charge in [0.15, 0.2) is 0 Å². The van der Waals surface area contributed by atoms with E-state index in [1.54, 1.807) is 4.90 Å². The minimum atomic E-state index is -0.618. The normalized spacial score (nSPS) is 14.3. The number of aromatic nitrogens is 1. The molecule has 0 unspecified atom stereocenters. The van der Waals surface area contributed by atoms with Gasteiger partial charge in [0, 0.05) is 23.8 Å². The minimum Gasteiger partial charge on any atom is -0.466 e. The van der Waals surface area contributed by atoms with Crippen molar-refractivity contribution in [3.8, 4) is 5.69 Å². The second-order valence-electron chi connectivity index (χ2n) is 5.78. The van der Waals surface area contributed by atoms with E-state index < -0.39 is 11.9 Å². The molecule has 0 saturated heterocycles. The smallest absolute Gasteiger partial charge is 0.355 e. The van der Waals surface area contributed by atoms with Gasteiger partial charge >= 0.3 is 11.9 Å². The summed E-state index contributed by atoms with van der Waals surface area (Å²) in [6.45, 7) is 2.12. The summed E-state index contributed by atoms with van der Waals surface area (Å²) in [5, 5.41) is 0. The third-order valence-corrected chi connectivity index (χ3v) is 4.22. The zero-order chi connectivity index (χ0) is 18.7. The second kappa shape index (κ2) is 7.45. The van der Waals surface area contributed by atoms with Gasteiger partial charge in [-0.1, -0.05) is 6.07 Å². The van der Waals surface area contributed by atoms with E-state index >= 15 is 0 Å². The van der Waals surface area contributed by atoms with Crippen LogP contribution in [0.15, 0.2) is 54.0 Å². The lowest BCUT2D eigenvalue weighted by molar-refractivity contribution is -0.140. The summed E-state index contributed by atoms with van der Waals surface area (Å²) in [5.74, 6) is -1.23. The Morgan fingerprint density at radius 3 is 2.42 bits per heavy atom. The number of aryl methyl sites for hydroxylation is 1. The first-order valence-electron chi connectivity index (χ1n) is 8.06. The maximum Gasteiger partial charge on any atom is 0.355 e. The molecule has 1 aromatic heterocycles. The lowest BCUT2D eigenvalue weighted by Crippen LogP contribution is -2.38. The first-order valence-corrected chi connectivity index (χ1v) is 8.06. The third kappa shape index (κ3) is 3.21. The van der Waals surface area contributed by atoms with E-state index in [0.29, 0.717) is 5.69 Å². The highest BCUT2D eigenvalue weighted by atomic mass is 16.5. The number of nitrogens with zero attached hydrogens (tertiary/aromatic N) is 2. The van der Waals surface area contributed by atoms with E-state index in [1.165, 1.54) is 14.2 Å². The van der Waals surface area contributed by atoms with Crippen molar-refractivity contribution in [2.45, 2.75) is 6.92 Å². The maximum absolute atomic E-state index is 12.4. The molecule has 1 aliphatic heterocycles. The minimum absolute atomic E-state index is 0.00999. The monoisotopic (exact) mass is 356 g/mol. The Hall–Kier alpha value is -3.06. The van der Waals surface area contributed by atoms with E-state index in [9.17, 15) is 9.59 Å². The standard InChI is InChI=1S/C19H20N2O5/c1-13-6-7-14(10-16(13)20-8-4-5-9-20)21-12-26-11-15(18(22)24-2)17(21)19(23)25-3/h4-10H,11-12H2,1-3H3. The van der Waals surface area contributed by atoms with Gasteiger partial charge in [0.05, 0.1) is 26.4 Å². The number of methoxy groups -OCH3 is 2. The molecule has 1 aliphatic rings. The van der Waals surface area contributed by atoms with E-state index in [2.05, 4.69) is 0 Å². The number of esters is 2. The van der Waals surface area contributed by atoms with E-state index in [-0.39, 0.29) is 24.6 Å². The topological polar surface area (TPSA) is 70.0 Å². The quantitative estimate of drug-likeness (QED) is 0.782. The molecule has 0 spiro atoms. The SMILES string of the molecule is COC(=O)C1=C(C(=O)OC)N(c2ccc(C)c(-n3cccc3)c2)COC1. The van der Waals surface area contributed by atoms with Crippen LogP contribution in [0, 0.1) is 6.92 Å². The number of hydrogen-bond acceptors (Lipinski definition) is 6. The Kier molecular flexibility index (Phi) is 5.09. The zero-order valence-electron chi connectivity index (χ0n) is 14.9. The molecule has 3 rings (SSSR count). The number of ether oxygens (including phenoxy) is 3. The second-order valence-corrected chi connectivity index (χ2v) is 5.78. The highest BCUT2D eigenvalue weighted by molar-refractivity contribution is 6.03. The first-order chi connectivity index (χ1) is 12.6. The average Bonchev–Trinajstić information content (AvgIpc) is 3.21. The molecule has 0 bridgehead atoms. The summed E-state index contributed by atoms with van der Waals surface area (Å²) < 4.78 is 17.2. The van der Waals surface area contributed by atoms with Crippen LogP contribution in [-0.4, -0.2) is 44.1 Å². The van der Waals surface area contributed by atoms with Crippen molar-refractivity contribution < 1.29 is 23.8 Å². The van der Waals surface area contributed by atoms with Crippen molar-refractivity contribution in [3.05, 3.63) is 59.6 Å². The van der Waals surface area contributed by atoms with Crippen LogP contribution in [0.2, 0.25) is 0 Å². The molecule has 0 aliphatic carbocycles. The maximum atomic E-state index is 12.4. The molecule has 0 fully saturated rings. The van der Waals surface area contributed by atoms with Gasteiger partial charge in [0.1, 0.15) is 12.4 Å². The number of carbonyl (C=O) groups is 2. The van der Waals surface area contributed by atoms with Crippen molar-refractivity contribution in [2.24, 2.45) is 0 Å². The number of rotatable bonds is 4. The van der Waals surface area contributed by atoms with Gasteiger partial charge in [0.2, 0.25) is 0 Å². The molecule has 2 heterocycles. The molecule has 2 aromatic rings. The van der Waals surface area contributed by atoms with Gasteiger partial charge in [-0.15, -0.1) is 0 Å². The van der Waals surface area contributed by atoms with Gasteiger partial charge in [-0.25, -0.2) is 9.59 Å². The molecule has 26 heavy (non-hydrogen) atoms. The molecule has 0 amide bonds. The predicted octanol–water partition coefficient (Wildman–Crippen LogP) is 2.18. The van der Waals surface area contributed by atoms with Gasteiger partial charge in [-0.2, -0.15) is 0 Å². The summed E-state index contributed by atoms with van der Waals surface area (Å²) in [4.78, 5) is 26.1. The first kappa shape index (κ1) is 17.8. The highest BCUT2D eigenvalue weighted by Gasteiger charge is 2.32. The van der Waals surface area contributed by atoms with Crippen LogP contribution in [0.4, 0.5) is 5.69 Å². The molecule has 0 saturated carbocycles. The number of anilines is 1. The number of benzene rings is 1. The van der Waals surface area contributed by atoms with Crippen molar-refractivity contribution in [3.63, 3.8) is 0 Å². The van der Waals surface area contributed by atoms with Crippen molar-refractivity contribution in [1.29, 1.82) is 0 Å². The Balaban J connectivity index is 2.11. The molecule has 0 radical (unpaired) electrons. The molecule has 7 nitrogen and oxygen atoms in total. The lowest BCUT2D eigenvalue weighted by Gasteiger charge is -2.31. The fourth-order valence-corrected chi connectivity index (χ4v) is 2.89. The Morgan fingerprint density at radius 1 is 1.08 bits per heavy atom. The molecule has 0 atom stereocenters. The van der Waals surface area contributed by atoms with Crippen LogP contribution >= 0.6 is 0 Å². The van der Waals surface area contributed by atoms with Gasteiger partial charge in [-0.05, 0) is 36.8 Å². The highest BCUT2D eigenvalue weighted by Crippen LogP contribution is 2.29. The van der Waals surface area contributed by atoms with E-state index in [0.717, 1.165) is 11.3 Å². The Bertz CT molecular complexity index is 855. The molecule has 7 heteroatoms. The Labute approximate surface area is 151 Å². The zero-order valence-corrected chi connectivity index (χ0v) is 14.9. The van der Waals surface area contributed by atoms with Crippen LogP contribution in [0.5, 0.6) is 0 Å². The predicted molar refractivity (Wildman–Crippen MR) is 94.9 cm³/mol. The summed E-state index contributed by atoms with van der Waals surface area (Å²) in [7, 11) is 2.54. The number of carbonyl (C=O) groups excluding carboxylic acids is 2. The Morgan fingerprint density at radius 2 is 1.77 bits per heavy atom. The van der Waals surface area contributed by atoms with Crippen molar-refractivity contribution in [1.82, 2.24) is 4.57 Å². The summed E-state index contributed by atoms with van der Waals surface area (Å²) in [5.41, 5.74) is 3.00. The fraction of sp³-hybridized carbons (Fsp3) is 0.263. The van der Waals surface area contributed by atoms with Crippen LogP contribution in [0.3, 0.4) is 0 Å². The third-order valence-electron chi connectivity index (χ3n) is 4.22. The van der Waals surface area contributed by atoms with Crippen LogP contribution in [-0.2, 0) is 23.8 Å². The molecular weight excluding hydrogens is 336 g/mol. The summed E-state index contributed by atoms with van der Waals surface area (Å²) >= 11 is 0. The van der Waals surface area contributed by atoms with Crippen molar-refractivity contribution >= 4 is 17.6 Å². The van der Waals surface area contributed by atoms with E-state index in [1.807, 2.05) is 54.2 Å². The largest absolute Gasteiger partial charge is 0.466 e. The lowest BCUT2D eigenvalue weighted by atomic mass is 10.1. The van der Waals surface area contributed by atoms with Crippen molar-refractivity contribution in [2.75, 3.05) is 32.5 Å². The van der Waals surface area contributed by atoms with Crippen LogP contribution in [0.25, 0.3) is 5.69 Å². The van der Waals surface area contributed by atoms with Gasteiger partial charge in [0.25, 0.3) is 0 Å². The molecule has 1 aromatic carbocycles. The summed E-state index contributed by atoms with van der Waals surface area (Å²) in [6.07, 6.45) is 3.88. The van der Waals surface area contributed by atoms with Gasteiger partial charge in [-0.3, -0.25) is 0 Å². The number of hydrogen-bond donors (Lipinski definition) is 0.